The van der Waals surface area contributed by atoms with Gasteiger partial charge in [0, 0.05) is 31.6 Å². The van der Waals surface area contributed by atoms with Crippen molar-refractivity contribution in [2.24, 2.45) is 0 Å². The average molecular weight is 610 g/mol. The highest BCUT2D eigenvalue weighted by molar-refractivity contribution is 6.27. The third-order valence-corrected chi connectivity index (χ3v) is 7.19. The molecule has 0 aliphatic rings. The Morgan fingerprint density at radius 3 is 2.63 bits per heavy atom. The molecular weight excluding hydrogens is 570 g/mol. The highest BCUT2D eigenvalue weighted by atomic mass is 35.5. The Hall–Kier alpha value is -3.89. The van der Waals surface area contributed by atoms with E-state index in [1.54, 1.807) is 31.7 Å². The van der Waals surface area contributed by atoms with Crippen LogP contribution in [0.5, 0.6) is 5.75 Å². The number of carbonyl (C=O) groups is 2. The van der Waals surface area contributed by atoms with E-state index in [1.165, 1.54) is 0 Å². The molecule has 2 heterocycles. The smallest absolute Gasteiger partial charge is 0.349 e. The molecule has 0 aliphatic heterocycles. The molecule has 0 unspecified atom stereocenters. The van der Waals surface area contributed by atoms with E-state index < -0.39 is 11.6 Å². The molecule has 0 saturated carbocycles. The molecule has 2 N–H and O–H groups in total. The summed E-state index contributed by atoms with van der Waals surface area (Å²) in [6.45, 7) is 9.74. The molecule has 2 aromatic carbocycles. The van der Waals surface area contributed by atoms with Gasteiger partial charge in [-0.2, -0.15) is 0 Å². The summed E-state index contributed by atoms with van der Waals surface area (Å²) in [5.41, 5.74) is 8.36. The number of aromatic nitrogens is 3. The molecule has 1 amide bonds. The van der Waals surface area contributed by atoms with Gasteiger partial charge in [0.25, 0.3) is 0 Å². The number of aryl methyl sites for hydroxylation is 1. The van der Waals surface area contributed by atoms with Crippen LogP contribution in [0.25, 0.3) is 21.9 Å². The summed E-state index contributed by atoms with van der Waals surface area (Å²) >= 11 is 6.01. The normalized spacial score (nSPS) is 11.7. The van der Waals surface area contributed by atoms with Crippen molar-refractivity contribution in [2.75, 3.05) is 31.4 Å². The zero-order valence-corrected chi connectivity index (χ0v) is 26.0. The van der Waals surface area contributed by atoms with Gasteiger partial charge in [-0.05, 0) is 57.4 Å². The number of halogens is 1. The Balaban J connectivity index is 1.55. The van der Waals surface area contributed by atoms with Crippen molar-refractivity contribution >= 4 is 51.2 Å². The predicted octanol–water partition coefficient (Wildman–Crippen LogP) is 5.47. The van der Waals surface area contributed by atoms with E-state index in [4.69, 9.17) is 36.5 Å². The molecule has 0 saturated heterocycles. The zero-order valence-electron chi connectivity index (χ0n) is 25.3. The van der Waals surface area contributed by atoms with Crippen LogP contribution in [0.4, 0.5) is 5.82 Å². The second-order valence-electron chi connectivity index (χ2n) is 10.7. The number of hydrogen-bond acceptors (Lipinski definition) is 8. The third kappa shape index (κ3) is 7.74. The first-order valence-electron chi connectivity index (χ1n) is 14.6. The van der Waals surface area contributed by atoms with Crippen LogP contribution in [-0.4, -0.2) is 62.6 Å². The maximum atomic E-state index is 12.9. The molecule has 0 bridgehead atoms. The first-order chi connectivity index (χ1) is 20.7. The first kappa shape index (κ1) is 32.0. The maximum Gasteiger partial charge on any atom is 0.349 e. The van der Waals surface area contributed by atoms with Gasteiger partial charge in [-0.15, -0.1) is 11.6 Å². The van der Waals surface area contributed by atoms with Crippen LogP contribution >= 0.6 is 11.6 Å². The minimum Gasteiger partial charge on any atom is -0.476 e. The molecular formula is C32H40ClN5O5. The number of rotatable bonds is 15. The van der Waals surface area contributed by atoms with Crippen LogP contribution < -0.4 is 10.5 Å². The lowest BCUT2D eigenvalue weighted by molar-refractivity contribution is -0.158. The number of nitrogen functional groups attached to an aromatic ring is 1. The zero-order chi connectivity index (χ0) is 31.0. The van der Waals surface area contributed by atoms with Crippen LogP contribution in [0.1, 0.15) is 51.9 Å². The average Bonchev–Trinajstić information content (AvgIpc) is 3.35. The summed E-state index contributed by atoms with van der Waals surface area (Å²) in [5, 5.41) is 0.956. The topological polar surface area (TPSA) is 122 Å². The molecule has 0 radical (unpaired) electrons. The van der Waals surface area contributed by atoms with Crippen LogP contribution in [0.3, 0.4) is 0 Å². The molecule has 230 valence electrons. The van der Waals surface area contributed by atoms with Crippen LogP contribution in [-0.2, 0) is 38.8 Å². The molecule has 0 aliphatic carbocycles. The second kappa shape index (κ2) is 14.5. The maximum absolute atomic E-state index is 12.9. The fraction of sp³-hybridized carbons (Fsp3) is 0.438. The molecule has 0 fully saturated rings. The highest BCUT2D eigenvalue weighted by Gasteiger charge is 2.31. The summed E-state index contributed by atoms with van der Waals surface area (Å²) in [7, 11) is 0. The number of nitrogens with zero attached hydrogens (tertiary/aromatic N) is 4. The van der Waals surface area contributed by atoms with Crippen molar-refractivity contribution in [1.29, 1.82) is 0 Å². The lowest BCUT2D eigenvalue weighted by Gasteiger charge is -2.25. The van der Waals surface area contributed by atoms with E-state index in [0.29, 0.717) is 56.4 Å². The molecule has 4 rings (SSSR count). The van der Waals surface area contributed by atoms with E-state index in [9.17, 15) is 9.59 Å². The summed E-state index contributed by atoms with van der Waals surface area (Å²) in [6.07, 6.45) is 1.53. The quantitative estimate of drug-likeness (QED) is 0.107. The molecule has 0 spiro atoms. The summed E-state index contributed by atoms with van der Waals surface area (Å²) in [6, 6.07) is 15.2. The Bertz CT molecular complexity index is 1570. The number of nitrogens with two attached hydrogens (primary N) is 1. The van der Waals surface area contributed by atoms with Gasteiger partial charge in [-0.25, -0.2) is 14.8 Å². The SMILES string of the molecule is CCCOCc1nc2c(N)nc3ccccc3c2n1CCCN(Cc1cccc(OC(C)(C)C(=O)OCC)c1)C(=O)CCl. The Morgan fingerprint density at radius 1 is 1.09 bits per heavy atom. The number of benzene rings is 2. The number of amides is 1. The molecule has 10 nitrogen and oxygen atoms in total. The van der Waals surface area contributed by atoms with Gasteiger partial charge in [-0.1, -0.05) is 37.3 Å². The van der Waals surface area contributed by atoms with Crippen molar-refractivity contribution < 1.29 is 23.8 Å². The Morgan fingerprint density at radius 2 is 1.88 bits per heavy atom. The second-order valence-corrected chi connectivity index (χ2v) is 11.0. The number of fused-ring (bicyclic) bond motifs is 3. The van der Waals surface area contributed by atoms with Gasteiger partial charge >= 0.3 is 5.97 Å². The lowest BCUT2D eigenvalue weighted by atomic mass is 10.1. The van der Waals surface area contributed by atoms with Crippen molar-refractivity contribution in [3.8, 4) is 5.75 Å². The number of esters is 1. The largest absolute Gasteiger partial charge is 0.476 e. The summed E-state index contributed by atoms with van der Waals surface area (Å²) in [4.78, 5) is 36.3. The fourth-order valence-electron chi connectivity index (χ4n) is 4.93. The van der Waals surface area contributed by atoms with Crippen LogP contribution in [0.2, 0.25) is 0 Å². The minimum atomic E-state index is -1.16. The van der Waals surface area contributed by atoms with E-state index in [-0.39, 0.29) is 18.4 Å². The van der Waals surface area contributed by atoms with Crippen LogP contribution in [0, 0.1) is 0 Å². The number of hydrogen-bond donors (Lipinski definition) is 1. The van der Waals surface area contributed by atoms with Gasteiger partial charge in [0.1, 0.15) is 29.6 Å². The van der Waals surface area contributed by atoms with Crippen molar-refractivity contribution in [3.63, 3.8) is 0 Å². The molecule has 43 heavy (non-hydrogen) atoms. The van der Waals surface area contributed by atoms with Crippen LogP contribution in [0.15, 0.2) is 48.5 Å². The van der Waals surface area contributed by atoms with E-state index in [1.807, 2.05) is 42.5 Å². The molecule has 11 heteroatoms. The number of carbonyl (C=O) groups excluding carboxylic acids is 2. The van der Waals surface area contributed by atoms with E-state index >= 15 is 0 Å². The highest BCUT2D eigenvalue weighted by Crippen LogP contribution is 2.29. The monoisotopic (exact) mass is 609 g/mol. The third-order valence-electron chi connectivity index (χ3n) is 6.96. The van der Waals surface area contributed by atoms with Gasteiger partial charge in [0.2, 0.25) is 5.91 Å². The van der Waals surface area contributed by atoms with Crippen molar-refractivity contribution in [1.82, 2.24) is 19.4 Å². The van der Waals surface area contributed by atoms with E-state index in [0.717, 1.165) is 34.2 Å². The first-order valence-corrected chi connectivity index (χ1v) is 15.1. The Kier molecular flexibility index (Phi) is 10.8. The molecule has 4 aromatic rings. The standard InChI is InChI=1S/C32H40ClN5O5/c1-5-17-41-21-26-36-28-29(24-13-7-8-14-25(24)35-30(28)34)38(26)16-10-15-37(27(39)19-33)20-22-11-9-12-23(18-22)43-32(3,4)31(40)42-6-2/h7-9,11-14,18H,5-6,10,15-17,19-21H2,1-4H3,(H2,34,35). The summed E-state index contributed by atoms with van der Waals surface area (Å²) in [5.74, 6) is 0.877. The predicted molar refractivity (Wildman–Crippen MR) is 168 cm³/mol. The number of anilines is 1. The number of para-hydroxylation sites is 1. The lowest BCUT2D eigenvalue weighted by Crippen LogP contribution is -2.39. The van der Waals surface area contributed by atoms with Gasteiger partial charge in [-0.3, -0.25) is 4.79 Å². The van der Waals surface area contributed by atoms with Crippen molar-refractivity contribution in [2.45, 2.75) is 65.8 Å². The summed E-state index contributed by atoms with van der Waals surface area (Å²) < 4.78 is 19.1. The van der Waals surface area contributed by atoms with Gasteiger partial charge in [0.15, 0.2) is 11.4 Å². The minimum absolute atomic E-state index is 0.136. The number of alkyl halides is 1. The van der Waals surface area contributed by atoms with Crippen molar-refractivity contribution in [3.05, 3.63) is 59.9 Å². The number of pyridine rings is 1. The molecule has 0 atom stereocenters. The Labute approximate surface area is 257 Å². The van der Waals surface area contributed by atoms with E-state index in [2.05, 4.69) is 16.5 Å². The number of ether oxygens (including phenoxy) is 3. The number of imidazole rings is 1. The molecule has 2 aromatic heterocycles. The van der Waals surface area contributed by atoms with Gasteiger partial charge in [0.05, 0.1) is 17.6 Å². The fourth-order valence-corrected chi connectivity index (χ4v) is 5.10. The van der Waals surface area contributed by atoms with Gasteiger partial charge < -0.3 is 29.4 Å².